The van der Waals surface area contributed by atoms with Crippen molar-refractivity contribution in [1.29, 1.82) is 0 Å². The number of nitrogens with zero attached hydrogens (tertiary/aromatic N) is 2. The molecule has 0 aliphatic rings. The van der Waals surface area contributed by atoms with E-state index in [1.54, 1.807) is 24.2 Å². The van der Waals surface area contributed by atoms with Crippen LogP contribution in [-0.2, 0) is 0 Å². The van der Waals surface area contributed by atoms with Crippen LogP contribution in [0.2, 0.25) is 0 Å². The molecule has 0 spiro atoms. The van der Waals surface area contributed by atoms with Gasteiger partial charge in [0.15, 0.2) is 0 Å². The van der Waals surface area contributed by atoms with Crippen molar-refractivity contribution in [3.05, 3.63) is 24.0 Å². The third-order valence-corrected chi connectivity index (χ3v) is 3.24. The number of pyridine rings is 1. The lowest BCUT2D eigenvalue weighted by Gasteiger charge is -2.35. The highest BCUT2D eigenvalue weighted by Gasteiger charge is 2.28. The summed E-state index contributed by atoms with van der Waals surface area (Å²) in [6.07, 6.45) is 3.09. The van der Waals surface area contributed by atoms with Crippen LogP contribution in [0.15, 0.2) is 18.5 Å². The van der Waals surface area contributed by atoms with Crippen LogP contribution in [0.3, 0.4) is 0 Å². The number of nitrogen functional groups attached to an aromatic ring is 1. The number of anilines is 1. The fraction of sp³-hybridized carbons (Fsp3) is 0.538. The topological polar surface area (TPSA) is 59.2 Å². The van der Waals surface area contributed by atoms with Crippen molar-refractivity contribution >= 4 is 11.6 Å². The Morgan fingerprint density at radius 3 is 2.53 bits per heavy atom. The molecule has 0 radical (unpaired) electrons. The number of hydrogen-bond acceptors (Lipinski definition) is 3. The number of carbonyl (C=O) groups is 1. The Bertz CT molecular complexity index is 409. The Balaban J connectivity index is 2.95. The van der Waals surface area contributed by atoms with E-state index in [-0.39, 0.29) is 17.4 Å². The highest BCUT2D eigenvalue weighted by molar-refractivity contribution is 5.98. The average molecular weight is 235 g/mol. The van der Waals surface area contributed by atoms with E-state index in [0.717, 1.165) is 0 Å². The first-order chi connectivity index (χ1) is 7.75. The highest BCUT2D eigenvalue weighted by Crippen LogP contribution is 2.24. The van der Waals surface area contributed by atoms with Gasteiger partial charge in [-0.05, 0) is 18.4 Å². The molecule has 0 aliphatic heterocycles. The first-order valence-corrected chi connectivity index (χ1v) is 5.71. The second-order valence-corrected chi connectivity index (χ2v) is 5.42. The number of hydrogen-bond donors (Lipinski definition) is 1. The molecule has 4 heteroatoms. The maximum atomic E-state index is 12.3. The molecule has 1 unspecified atom stereocenters. The minimum Gasteiger partial charge on any atom is -0.397 e. The Morgan fingerprint density at radius 1 is 1.47 bits per heavy atom. The predicted molar refractivity (Wildman–Crippen MR) is 69.7 cm³/mol. The molecule has 1 heterocycles. The van der Waals surface area contributed by atoms with Crippen molar-refractivity contribution in [2.24, 2.45) is 5.41 Å². The lowest BCUT2D eigenvalue weighted by molar-refractivity contribution is 0.0630. The first-order valence-electron chi connectivity index (χ1n) is 5.71. The van der Waals surface area contributed by atoms with Gasteiger partial charge >= 0.3 is 0 Å². The zero-order chi connectivity index (χ0) is 13.2. The second-order valence-electron chi connectivity index (χ2n) is 5.42. The van der Waals surface area contributed by atoms with Crippen molar-refractivity contribution in [1.82, 2.24) is 9.88 Å². The second kappa shape index (κ2) is 4.73. The maximum absolute atomic E-state index is 12.3. The van der Waals surface area contributed by atoms with E-state index in [2.05, 4.69) is 25.8 Å². The molecule has 0 fully saturated rings. The van der Waals surface area contributed by atoms with Crippen LogP contribution >= 0.6 is 0 Å². The molecule has 0 aliphatic carbocycles. The SMILES string of the molecule is CC(N(C)C(=O)c1ccncc1N)C(C)(C)C. The molecular formula is C13H21N3O. The molecule has 1 atom stereocenters. The average Bonchev–Trinajstić information content (AvgIpc) is 2.25. The van der Waals surface area contributed by atoms with Crippen molar-refractivity contribution in [2.45, 2.75) is 33.7 Å². The molecule has 2 N–H and O–H groups in total. The van der Waals surface area contributed by atoms with Crippen molar-refractivity contribution in [3.8, 4) is 0 Å². The molecule has 4 nitrogen and oxygen atoms in total. The van der Waals surface area contributed by atoms with E-state index in [1.165, 1.54) is 6.20 Å². The third kappa shape index (κ3) is 2.96. The summed E-state index contributed by atoms with van der Waals surface area (Å²) in [5.41, 5.74) is 6.73. The van der Waals surface area contributed by atoms with E-state index >= 15 is 0 Å². The Morgan fingerprint density at radius 2 is 2.06 bits per heavy atom. The van der Waals surface area contributed by atoms with Crippen molar-refractivity contribution in [2.75, 3.05) is 12.8 Å². The van der Waals surface area contributed by atoms with Crippen molar-refractivity contribution in [3.63, 3.8) is 0 Å². The van der Waals surface area contributed by atoms with Gasteiger partial charge in [-0.15, -0.1) is 0 Å². The third-order valence-electron chi connectivity index (χ3n) is 3.24. The minimum atomic E-state index is -0.0627. The summed E-state index contributed by atoms with van der Waals surface area (Å²) in [4.78, 5) is 17.9. The van der Waals surface area contributed by atoms with Gasteiger partial charge in [0, 0.05) is 19.3 Å². The molecule has 0 aromatic carbocycles. The summed E-state index contributed by atoms with van der Waals surface area (Å²) < 4.78 is 0. The molecule has 17 heavy (non-hydrogen) atoms. The number of rotatable bonds is 2. The maximum Gasteiger partial charge on any atom is 0.256 e. The van der Waals surface area contributed by atoms with Crippen molar-refractivity contribution < 1.29 is 4.79 Å². The lowest BCUT2D eigenvalue weighted by atomic mass is 9.87. The van der Waals surface area contributed by atoms with E-state index in [9.17, 15) is 4.79 Å². The number of amides is 1. The van der Waals surface area contributed by atoms with Gasteiger partial charge in [0.25, 0.3) is 5.91 Å². The minimum absolute atomic E-state index is 0.0339. The van der Waals surface area contributed by atoms with Gasteiger partial charge in [0.2, 0.25) is 0 Å². The molecule has 1 aromatic rings. The van der Waals surface area contributed by atoms with Crippen LogP contribution in [0, 0.1) is 5.41 Å². The number of nitrogens with two attached hydrogens (primary N) is 1. The monoisotopic (exact) mass is 235 g/mol. The largest absolute Gasteiger partial charge is 0.397 e. The van der Waals surface area contributed by atoms with Crippen LogP contribution in [-0.4, -0.2) is 28.9 Å². The summed E-state index contributed by atoms with van der Waals surface area (Å²) >= 11 is 0. The Hall–Kier alpha value is -1.58. The van der Waals surface area contributed by atoms with Crippen LogP contribution in [0.5, 0.6) is 0 Å². The number of aromatic nitrogens is 1. The molecule has 1 amide bonds. The van der Waals surface area contributed by atoms with Gasteiger partial charge in [-0.25, -0.2) is 0 Å². The summed E-state index contributed by atoms with van der Waals surface area (Å²) in [6.45, 7) is 8.36. The molecule has 0 saturated carbocycles. The summed E-state index contributed by atoms with van der Waals surface area (Å²) in [5.74, 6) is -0.0627. The van der Waals surface area contributed by atoms with Crippen LogP contribution < -0.4 is 5.73 Å². The fourth-order valence-corrected chi connectivity index (χ4v) is 1.55. The van der Waals surface area contributed by atoms with Gasteiger partial charge in [0.05, 0.1) is 17.4 Å². The molecule has 1 aromatic heterocycles. The van der Waals surface area contributed by atoms with Gasteiger partial charge < -0.3 is 10.6 Å². The zero-order valence-corrected chi connectivity index (χ0v) is 11.2. The normalized spacial score (nSPS) is 13.2. The van der Waals surface area contributed by atoms with Gasteiger partial charge in [-0.3, -0.25) is 9.78 Å². The summed E-state index contributed by atoms with van der Waals surface area (Å²) in [6, 6.07) is 1.78. The van der Waals surface area contributed by atoms with E-state index in [4.69, 9.17) is 5.73 Å². The standard InChI is InChI=1S/C13H21N3O/c1-9(13(2,3)4)16(5)12(17)10-6-7-15-8-11(10)14/h6-9H,14H2,1-5H3. The van der Waals surface area contributed by atoms with Crippen LogP contribution in [0.25, 0.3) is 0 Å². The summed E-state index contributed by atoms with van der Waals surface area (Å²) in [5, 5.41) is 0. The van der Waals surface area contributed by atoms with E-state index in [1.807, 2.05) is 6.92 Å². The zero-order valence-electron chi connectivity index (χ0n) is 11.2. The molecular weight excluding hydrogens is 214 g/mol. The predicted octanol–water partition coefficient (Wildman–Crippen LogP) is 2.17. The lowest BCUT2D eigenvalue weighted by Crippen LogP contribution is -2.43. The molecule has 94 valence electrons. The van der Waals surface area contributed by atoms with E-state index < -0.39 is 0 Å². The Labute approximate surface area is 103 Å². The quantitative estimate of drug-likeness (QED) is 0.854. The highest BCUT2D eigenvalue weighted by atomic mass is 16.2. The van der Waals surface area contributed by atoms with Crippen LogP contribution in [0.1, 0.15) is 38.1 Å². The molecule has 0 bridgehead atoms. The van der Waals surface area contributed by atoms with Gasteiger partial charge in [0.1, 0.15) is 0 Å². The first kappa shape index (κ1) is 13.5. The van der Waals surface area contributed by atoms with Crippen LogP contribution in [0.4, 0.5) is 5.69 Å². The summed E-state index contributed by atoms with van der Waals surface area (Å²) in [7, 11) is 1.80. The van der Waals surface area contributed by atoms with E-state index in [0.29, 0.717) is 11.3 Å². The fourth-order valence-electron chi connectivity index (χ4n) is 1.55. The van der Waals surface area contributed by atoms with Gasteiger partial charge in [-0.1, -0.05) is 20.8 Å². The Kier molecular flexibility index (Phi) is 3.76. The number of carbonyl (C=O) groups excluding carboxylic acids is 1. The molecule has 1 rings (SSSR count). The smallest absolute Gasteiger partial charge is 0.256 e. The molecule has 0 saturated heterocycles. The van der Waals surface area contributed by atoms with Gasteiger partial charge in [-0.2, -0.15) is 0 Å².